The Balaban J connectivity index is 2.26. The second kappa shape index (κ2) is 5.13. The second-order valence-electron chi connectivity index (χ2n) is 3.55. The Bertz CT molecular complexity index is 544. The highest BCUT2D eigenvalue weighted by molar-refractivity contribution is 5.43. The zero-order valence-electron chi connectivity index (χ0n) is 9.55. The predicted octanol–water partition coefficient (Wildman–Crippen LogP) is 3.31. The Kier molecular flexibility index (Phi) is 3.37. The first-order valence-corrected chi connectivity index (χ1v) is 5.45. The van der Waals surface area contributed by atoms with Crippen molar-refractivity contribution in [1.29, 1.82) is 5.26 Å². The summed E-state index contributed by atoms with van der Waals surface area (Å²) in [6.45, 7) is 2.01. The number of rotatable bonds is 3. The highest BCUT2D eigenvalue weighted by Crippen LogP contribution is 2.22. The summed E-state index contributed by atoms with van der Waals surface area (Å²) < 4.78 is 5.60. The van der Waals surface area contributed by atoms with Crippen molar-refractivity contribution < 1.29 is 4.74 Å². The third kappa shape index (κ3) is 2.61. The fraction of sp³-hybridized carbons (Fsp3) is 0.143. The van der Waals surface area contributed by atoms with Gasteiger partial charge in [-0.2, -0.15) is 5.26 Å². The smallest absolute Gasteiger partial charge is 0.219 e. The molecule has 84 valence electrons. The third-order valence-electron chi connectivity index (χ3n) is 2.44. The van der Waals surface area contributed by atoms with E-state index in [1.807, 2.05) is 25.1 Å². The topological polar surface area (TPSA) is 45.9 Å². The average Bonchev–Trinajstić information content (AvgIpc) is 2.40. The molecule has 0 amide bonds. The van der Waals surface area contributed by atoms with Crippen molar-refractivity contribution in [3.63, 3.8) is 0 Å². The van der Waals surface area contributed by atoms with Crippen LogP contribution >= 0.6 is 0 Å². The molecule has 0 N–H and O–H groups in total. The van der Waals surface area contributed by atoms with Gasteiger partial charge in [0, 0.05) is 12.3 Å². The lowest BCUT2D eigenvalue weighted by Gasteiger charge is -2.06. The molecule has 0 radical (unpaired) electrons. The number of hydrogen-bond acceptors (Lipinski definition) is 3. The number of pyridine rings is 1. The van der Waals surface area contributed by atoms with Gasteiger partial charge in [-0.05, 0) is 36.2 Å². The monoisotopic (exact) mass is 224 g/mol. The second-order valence-corrected chi connectivity index (χ2v) is 3.55. The van der Waals surface area contributed by atoms with Crippen LogP contribution < -0.4 is 4.74 Å². The van der Waals surface area contributed by atoms with Gasteiger partial charge in [0.25, 0.3) is 0 Å². The summed E-state index contributed by atoms with van der Waals surface area (Å²) in [7, 11) is 0. The van der Waals surface area contributed by atoms with E-state index in [0.717, 1.165) is 12.0 Å². The van der Waals surface area contributed by atoms with Gasteiger partial charge in [0.1, 0.15) is 5.75 Å². The van der Waals surface area contributed by atoms with Crippen LogP contribution in [0.2, 0.25) is 0 Å². The standard InChI is InChI=1S/C14H12N2O/c1-2-11-9-13(7-6-12(11)10-15)17-14-5-3-4-8-16-14/h3-9H,2H2,1H3. The molecular weight excluding hydrogens is 212 g/mol. The maximum Gasteiger partial charge on any atom is 0.219 e. The molecular formula is C14H12N2O. The van der Waals surface area contributed by atoms with Crippen molar-refractivity contribution in [2.45, 2.75) is 13.3 Å². The fourth-order valence-electron chi connectivity index (χ4n) is 1.56. The summed E-state index contributed by atoms with van der Waals surface area (Å²) >= 11 is 0. The minimum atomic E-state index is 0.555. The quantitative estimate of drug-likeness (QED) is 0.803. The van der Waals surface area contributed by atoms with Crippen LogP contribution in [0.3, 0.4) is 0 Å². The van der Waals surface area contributed by atoms with Gasteiger partial charge in [-0.25, -0.2) is 4.98 Å². The molecule has 2 aromatic rings. The summed E-state index contributed by atoms with van der Waals surface area (Å²) in [5.41, 5.74) is 1.68. The van der Waals surface area contributed by atoms with Gasteiger partial charge in [0.2, 0.25) is 5.88 Å². The normalized spacial score (nSPS) is 9.65. The lowest BCUT2D eigenvalue weighted by Crippen LogP contribution is -1.91. The minimum absolute atomic E-state index is 0.555. The summed E-state index contributed by atoms with van der Waals surface area (Å²) in [5.74, 6) is 1.26. The molecule has 3 heteroatoms. The number of nitriles is 1. The molecule has 0 atom stereocenters. The molecule has 0 aliphatic carbocycles. The van der Waals surface area contributed by atoms with E-state index in [-0.39, 0.29) is 0 Å². The van der Waals surface area contributed by atoms with Gasteiger partial charge in [-0.15, -0.1) is 0 Å². The third-order valence-corrected chi connectivity index (χ3v) is 2.44. The Morgan fingerprint density at radius 2 is 2.18 bits per heavy atom. The number of benzene rings is 1. The molecule has 0 unspecified atom stereocenters. The van der Waals surface area contributed by atoms with Crippen LogP contribution in [0.5, 0.6) is 11.6 Å². The van der Waals surface area contributed by atoms with Gasteiger partial charge in [-0.3, -0.25) is 0 Å². The largest absolute Gasteiger partial charge is 0.439 e. The van der Waals surface area contributed by atoms with Crippen LogP contribution in [0.4, 0.5) is 0 Å². The molecule has 3 nitrogen and oxygen atoms in total. The summed E-state index contributed by atoms with van der Waals surface area (Å²) in [5, 5.41) is 8.93. The molecule has 0 saturated heterocycles. The van der Waals surface area contributed by atoms with E-state index in [4.69, 9.17) is 10.00 Å². The van der Waals surface area contributed by atoms with Crippen molar-refractivity contribution in [2.75, 3.05) is 0 Å². The van der Waals surface area contributed by atoms with Gasteiger partial charge in [-0.1, -0.05) is 13.0 Å². The Morgan fingerprint density at radius 1 is 1.29 bits per heavy atom. The first-order valence-electron chi connectivity index (χ1n) is 5.45. The Labute approximate surface area is 100 Å². The van der Waals surface area contributed by atoms with Crippen LogP contribution in [0, 0.1) is 11.3 Å². The SMILES string of the molecule is CCc1cc(Oc2ccccn2)ccc1C#N. The average molecular weight is 224 g/mol. The zero-order valence-corrected chi connectivity index (χ0v) is 9.55. The number of aryl methyl sites for hydroxylation is 1. The van der Waals surface area contributed by atoms with Crippen LogP contribution in [0.15, 0.2) is 42.6 Å². The van der Waals surface area contributed by atoms with Crippen LogP contribution in [-0.4, -0.2) is 4.98 Å². The molecule has 1 aromatic carbocycles. The molecule has 1 aromatic heterocycles. The predicted molar refractivity (Wildman–Crippen MR) is 64.8 cm³/mol. The summed E-state index contributed by atoms with van der Waals surface area (Å²) in [6, 6.07) is 13.1. The van der Waals surface area contributed by atoms with E-state index in [1.165, 1.54) is 0 Å². The first-order chi connectivity index (χ1) is 8.33. The van der Waals surface area contributed by atoms with Crippen molar-refractivity contribution >= 4 is 0 Å². The number of ether oxygens (including phenoxy) is 1. The molecule has 1 heterocycles. The van der Waals surface area contributed by atoms with Gasteiger partial charge < -0.3 is 4.74 Å². The number of hydrogen-bond donors (Lipinski definition) is 0. The van der Waals surface area contributed by atoms with E-state index in [0.29, 0.717) is 17.2 Å². The van der Waals surface area contributed by atoms with E-state index >= 15 is 0 Å². The molecule has 0 spiro atoms. The zero-order chi connectivity index (χ0) is 12.1. The Hall–Kier alpha value is -2.34. The van der Waals surface area contributed by atoms with Gasteiger partial charge >= 0.3 is 0 Å². The van der Waals surface area contributed by atoms with Gasteiger partial charge in [0.05, 0.1) is 11.6 Å². The summed E-state index contributed by atoms with van der Waals surface area (Å²) in [4.78, 5) is 4.08. The lowest BCUT2D eigenvalue weighted by molar-refractivity contribution is 0.462. The highest BCUT2D eigenvalue weighted by atomic mass is 16.5. The Morgan fingerprint density at radius 3 is 2.82 bits per heavy atom. The first kappa shape index (κ1) is 11.2. The van der Waals surface area contributed by atoms with Crippen LogP contribution in [0.1, 0.15) is 18.1 Å². The van der Waals surface area contributed by atoms with Gasteiger partial charge in [0.15, 0.2) is 0 Å². The molecule has 2 rings (SSSR count). The number of nitrogens with zero attached hydrogens (tertiary/aromatic N) is 2. The van der Waals surface area contributed by atoms with Crippen molar-refractivity contribution in [2.24, 2.45) is 0 Å². The number of aromatic nitrogens is 1. The molecule has 17 heavy (non-hydrogen) atoms. The van der Waals surface area contributed by atoms with E-state index in [9.17, 15) is 0 Å². The highest BCUT2D eigenvalue weighted by Gasteiger charge is 2.03. The van der Waals surface area contributed by atoms with Crippen LogP contribution in [0.25, 0.3) is 0 Å². The minimum Gasteiger partial charge on any atom is -0.439 e. The van der Waals surface area contributed by atoms with Crippen molar-refractivity contribution in [3.05, 3.63) is 53.7 Å². The van der Waals surface area contributed by atoms with E-state index in [2.05, 4.69) is 11.1 Å². The lowest BCUT2D eigenvalue weighted by atomic mass is 10.1. The molecule has 0 aliphatic rings. The molecule has 0 saturated carbocycles. The van der Waals surface area contributed by atoms with E-state index in [1.54, 1.807) is 24.4 Å². The molecule has 0 bridgehead atoms. The van der Waals surface area contributed by atoms with Crippen LogP contribution in [-0.2, 0) is 6.42 Å². The van der Waals surface area contributed by atoms with E-state index < -0.39 is 0 Å². The molecule has 0 aliphatic heterocycles. The van der Waals surface area contributed by atoms with Crippen molar-refractivity contribution in [1.82, 2.24) is 4.98 Å². The van der Waals surface area contributed by atoms with Crippen molar-refractivity contribution in [3.8, 4) is 17.7 Å². The summed E-state index contributed by atoms with van der Waals surface area (Å²) in [6.07, 6.45) is 2.49. The molecule has 0 fully saturated rings. The fourth-order valence-corrected chi connectivity index (χ4v) is 1.56. The maximum absolute atomic E-state index is 8.93. The maximum atomic E-state index is 8.93.